The fourth-order valence-electron chi connectivity index (χ4n) is 1.60. The summed E-state index contributed by atoms with van der Waals surface area (Å²) in [5, 5.41) is 8.53. The number of hydrogen-bond donors (Lipinski definition) is 1. The van der Waals surface area contributed by atoms with Crippen LogP contribution in [0.15, 0.2) is 12.4 Å². The molecule has 0 bridgehead atoms. The minimum absolute atomic E-state index is 0.229. The van der Waals surface area contributed by atoms with Gasteiger partial charge in [0.1, 0.15) is 5.82 Å². The van der Waals surface area contributed by atoms with Crippen LogP contribution in [0.5, 0.6) is 0 Å². The van der Waals surface area contributed by atoms with E-state index >= 15 is 0 Å². The summed E-state index contributed by atoms with van der Waals surface area (Å²) in [5.41, 5.74) is 0. The van der Waals surface area contributed by atoms with Gasteiger partial charge in [-0.05, 0) is 26.9 Å². The average molecular weight is 225 g/mol. The number of imidazole rings is 1. The first kappa shape index (κ1) is 12.7. The van der Waals surface area contributed by atoms with Gasteiger partial charge in [0, 0.05) is 25.4 Å². The van der Waals surface area contributed by atoms with Crippen LogP contribution in [0.3, 0.4) is 0 Å². The maximum absolute atomic E-state index is 10.4. The van der Waals surface area contributed by atoms with Gasteiger partial charge in [-0.2, -0.15) is 0 Å². The van der Waals surface area contributed by atoms with Gasteiger partial charge in [0.25, 0.3) is 0 Å². The zero-order chi connectivity index (χ0) is 12.0. The first-order valence-electron chi connectivity index (χ1n) is 5.53. The molecule has 1 N–H and O–H groups in total. The molecule has 16 heavy (non-hydrogen) atoms. The van der Waals surface area contributed by atoms with E-state index in [0.29, 0.717) is 6.42 Å². The van der Waals surface area contributed by atoms with Gasteiger partial charge in [-0.1, -0.05) is 0 Å². The third-order valence-electron chi connectivity index (χ3n) is 2.48. The molecule has 0 spiro atoms. The van der Waals surface area contributed by atoms with Gasteiger partial charge in [0.05, 0.1) is 6.54 Å². The highest BCUT2D eigenvalue weighted by molar-refractivity contribution is 5.66. The van der Waals surface area contributed by atoms with Gasteiger partial charge in [0.2, 0.25) is 0 Å². The van der Waals surface area contributed by atoms with E-state index in [1.54, 1.807) is 6.20 Å². The average Bonchev–Trinajstić information content (AvgIpc) is 2.64. The van der Waals surface area contributed by atoms with Crippen LogP contribution in [0.1, 0.15) is 25.6 Å². The summed E-state index contributed by atoms with van der Waals surface area (Å²) in [4.78, 5) is 16.7. The van der Waals surface area contributed by atoms with Crippen LogP contribution in [-0.2, 0) is 17.9 Å². The maximum atomic E-state index is 10.4. The van der Waals surface area contributed by atoms with Crippen LogP contribution in [0.25, 0.3) is 0 Å². The summed E-state index contributed by atoms with van der Waals surface area (Å²) in [6.07, 6.45) is 4.66. The molecule has 0 saturated heterocycles. The molecule has 0 unspecified atom stereocenters. The maximum Gasteiger partial charge on any atom is 0.303 e. The number of carboxylic acid groups (broad SMARTS) is 1. The molecule has 1 aromatic rings. The molecule has 1 rings (SSSR count). The van der Waals surface area contributed by atoms with Crippen molar-refractivity contribution in [2.45, 2.75) is 32.9 Å². The Balaban J connectivity index is 2.33. The van der Waals surface area contributed by atoms with Crippen molar-refractivity contribution in [3.8, 4) is 0 Å². The van der Waals surface area contributed by atoms with E-state index in [9.17, 15) is 4.79 Å². The Hall–Kier alpha value is -1.36. The summed E-state index contributed by atoms with van der Waals surface area (Å²) in [6.45, 7) is 4.54. The molecule has 90 valence electrons. The van der Waals surface area contributed by atoms with Crippen molar-refractivity contribution in [1.82, 2.24) is 14.5 Å². The van der Waals surface area contributed by atoms with Crippen molar-refractivity contribution in [2.24, 2.45) is 0 Å². The molecule has 0 radical (unpaired) electrons. The standard InChI is InChI=1S/C11H19N3O2/c1-3-14-8-6-12-10(14)9-13(2)7-4-5-11(15)16/h6,8H,3-5,7,9H2,1-2H3,(H,15,16). The molecular formula is C11H19N3O2. The van der Waals surface area contributed by atoms with E-state index in [1.807, 2.05) is 13.2 Å². The first-order valence-corrected chi connectivity index (χ1v) is 5.53. The second-order valence-electron chi connectivity index (χ2n) is 3.86. The number of rotatable bonds is 7. The third-order valence-corrected chi connectivity index (χ3v) is 2.48. The van der Waals surface area contributed by atoms with E-state index in [2.05, 4.69) is 21.4 Å². The molecule has 0 aromatic carbocycles. The lowest BCUT2D eigenvalue weighted by Crippen LogP contribution is -2.22. The van der Waals surface area contributed by atoms with Crippen LogP contribution < -0.4 is 0 Å². The Bertz CT molecular complexity index is 336. The molecule has 0 aliphatic rings. The van der Waals surface area contributed by atoms with E-state index in [0.717, 1.165) is 25.5 Å². The molecule has 1 heterocycles. The molecule has 5 heteroatoms. The number of nitrogens with zero attached hydrogens (tertiary/aromatic N) is 3. The molecule has 0 aliphatic heterocycles. The number of aryl methyl sites for hydroxylation is 1. The van der Waals surface area contributed by atoms with Crippen molar-refractivity contribution in [3.63, 3.8) is 0 Å². The van der Waals surface area contributed by atoms with Gasteiger partial charge in [-0.15, -0.1) is 0 Å². The number of hydrogen-bond acceptors (Lipinski definition) is 3. The smallest absolute Gasteiger partial charge is 0.303 e. The molecular weight excluding hydrogens is 206 g/mol. The fourth-order valence-corrected chi connectivity index (χ4v) is 1.60. The molecule has 0 saturated carbocycles. The van der Waals surface area contributed by atoms with E-state index < -0.39 is 5.97 Å². The van der Waals surface area contributed by atoms with Gasteiger partial charge in [-0.3, -0.25) is 9.69 Å². The second-order valence-corrected chi connectivity index (χ2v) is 3.86. The van der Waals surface area contributed by atoms with Crippen molar-refractivity contribution in [2.75, 3.05) is 13.6 Å². The Kier molecular flexibility index (Phi) is 4.98. The van der Waals surface area contributed by atoms with Crippen LogP contribution in [0, 0.1) is 0 Å². The minimum Gasteiger partial charge on any atom is -0.481 e. The lowest BCUT2D eigenvalue weighted by molar-refractivity contribution is -0.137. The minimum atomic E-state index is -0.733. The summed E-state index contributed by atoms with van der Waals surface area (Å²) >= 11 is 0. The monoisotopic (exact) mass is 225 g/mol. The highest BCUT2D eigenvalue weighted by Gasteiger charge is 2.06. The Morgan fingerprint density at radius 3 is 3.00 bits per heavy atom. The zero-order valence-corrected chi connectivity index (χ0v) is 9.89. The predicted molar refractivity (Wildman–Crippen MR) is 61.1 cm³/mol. The number of aliphatic carboxylic acids is 1. The van der Waals surface area contributed by atoms with Crippen molar-refractivity contribution in [1.29, 1.82) is 0 Å². The quantitative estimate of drug-likeness (QED) is 0.757. The van der Waals surface area contributed by atoms with Gasteiger partial charge in [-0.25, -0.2) is 4.98 Å². The van der Waals surface area contributed by atoms with Crippen LogP contribution >= 0.6 is 0 Å². The first-order chi connectivity index (χ1) is 7.63. The summed E-state index contributed by atoms with van der Waals surface area (Å²) in [7, 11) is 1.98. The van der Waals surface area contributed by atoms with Crippen LogP contribution in [0.2, 0.25) is 0 Å². The summed E-state index contributed by atoms with van der Waals surface area (Å²) in [5.74, 6) is 0.295. The van der Waals surface area contributed by atoms with E-state index in [1.165, 1.54) is 0 Å². The highest BCUT2D eigenvalue weighted by Crippen LogP contribution is 2.02. The topological polar surface area (TPSA) is 58.4 Å². The van der Waals surface area contributed by atoms with Crippen molar-refractivity contribution >= 4 is 5.97 Å². The fraction of sp³-hybridized carbons (Fsp3) is 0.636. The molecule has 5 nitrogen and oxygen atoms in total. The lowest BCUT2D eigenvalue weighted by atomic mass is 10.3. The molecule has 1 aromatic heterocycles. The van der Waals surface area contributed by atoms with E-state index in [4.69, 9.17) is 5.11 Å². The van der Waals surface area contributed by atoms with Crippen LogP contribution in [-0.4, -0.2) is 39.1 Å². The number of carboxylic acids is 1. The second kappa shape index (κ2) is 6.27. The van der Waals surface area contributed by atoms with Gasteiger partial charge in [0.15, 0.2) is 0 Å². The zero-order valence-electron chi connectivity index (χ0n) is 9.89. The lowest BCUT2D eigenvalue weighted by Gasteiger charge is -2.16. The Morgan fingerprint density at radius 2 is 2.38 bits per heavy atom. The Labute approximate surface area is 95.7 Å². The van der Waals surface area contributed by atoms with Gasteiger partial charge < -0.3 is 9.67 Å². The SMILES string of the molecule is CCn1ccnc1CN(C)CCCC(=O)O. The van der Waals surface area contributed by atoms with E-state index in [-0.39, 0.29) is 6.42 Å². The normalized spacial score (nSPS) is 10.9. The predicted octanol–water partition coefficient (Wildman–Crippen LogP) is 1.20. The number of aromatic nitrogens is 2. The Morgan fingerprint density at radius 1 is 1.62 bits per heavy atom. The molecule has 0 atom stereocenters. The van der Waals surface area contributed by atoms with Gasteiger partial charge >= 0.3 is 5.97 Å². The van der Waals surface area contributed by atoms with Crippen LogP contribution in [0.4, 0.5) is 0 Å². The molecule has 0 aliphatic carbocycles. The molecule has 0 fully saturated rings. The molecule has 0 amide bonds. The largest absolute Gasteiger partial charge is 0.481 e. The summed E-state index contributed by atoms with van der Waals surface area (Å²) < 4.78 is 2.09. The highest BCUT2D eigenvalue weighted by atomic mass is 16.4. The summed E-state index contributed by atoms with van der Waals surface area (Å²) in [6, 6.07) is 0. The number of carbonyl (C=O) groups is 1. The van der Waals surface area contributed by atoms with Crippen molar-refractivity contribution in [3.05, 3.63) is 18.2 Å². The third kappa shape index (κ3) is 4.02. The van der Waals surface area contributed by atoms with Crippen molar-refractivity contribution < 1.29 is 9.90 Å².